The Labute approximate surface area is 202 Å². The summed E-state index contributed by atoms with van der Waals surface area (Å²) in [7, 11) is -5.54. The average Bonchev–Trinajstić information content (AvgIpc) is 3.02. The summed E-state index contributed by atoms with van der Waals surface area (Å²) < 4.78 is 63.7. The van der Waals surface area contributed by atoms with Gasteiger partial charge in [0.05, 0.1) is 28.5 Å². The Kier molecular flexibility index (Phi) is 6.24. The molecule has 2 aromatic heterocycles. The van der Waals surface area contributed by atoms with E-state index in [1.807, 2.05) is 6.07 Å². The molecule has 2 aromatic carbocycles. The van der Waals surface area contributed by atoms with E-state index in [0.29, 0.717) is 16.3 Å². The largest absolute Gasteiger partial charge is 0.501 e. The van der Waals surface area contributed by atoms with Crippen molar-refractivity contribution in [3.63, 3.8) is 0 Å². The van der Waals surface area contributed by atoms with E-state index in [2.05, 4.69) is 4.98 Å². The van der Waals surface area contributed by atoms with Crippen molar-refractivity contribution in [2.75, 3.05) is 0 Å². The number of nitrogens with zero attached hydrogens (tertiary/aromatic N) is 3. The van der Waals surface area contributed by atoms with Gasteiger partial charge in [-0.2, -0.15) is 13.2 Å². The predicted molar refractivity (Wildman–Crippen MR) is 123 cm³/mol. The zero-order valence-electron chi connectivity index (χ0n) is 18.0. The predicted octanol–water partition coefficient (Wildman–Crippen LogP) is 4.71. The Bertz CT molecular complexity index is 1580. The summed E-state index contributed by atoms with van der Waals surface area (Å²) in [4.78, 5) is 16.4. The highest BCUT2D eigenvalue weighted by Gasteiger charge is 2.46. The fourth-order valence-electron chi connectivity index (χ4n) is 3.53. The van der Waals surface area contributed by atoms with E-state index >= 15 is 0 Å². The molecule has 0 aliphatic rings. The monoisotopic (exact) mass is 523 g/mol. The first-order valence-corrected chi connectivity index (χ1v) is 11.9. The van der Waals surface area contributed by atoms with Crippen LogP contribution in [0.15, 0.2) is 76.6 Å². The van der Waals surface area contributed by atoms with Crippen LogP contribution in [-0.2, 0) is 16.4 Å². The number of imidazole rings is 1. The van der Waals surface area contributed by atoms with Crippen LogP contribution in [0.5, 0.6) is 5.88 Å². The van der Waals surface area contributed by atoms with E-state index in [4.69, 9.17) is 11.6 Å². The van der Waals surface area contributed by atoms with Crippen molar-refractivity contribution < 1.29 is 26.7 Å². The van der Waals surface area contributed by atoms with Gasteiger partial charge in [0.1, 0.15) is 0 Å². The third-order valence-electron chi connectivity index (χ3n) is 5.36. The molecule has 4 aromatic rings. The van der Waals surface area contributed by atoms with Gasteiger partial charge in [0.2, 0.25) is 5.88 Å². The first-order chi connectivity index (χ1) is 16.4. The Balaban J connectivity index is 1.69. The highest BCUT2D eigenvalue weighted by molar-refractivity contribution is 7.92. The van der Waals surface area contributed by atoms with Crippen molar-refractivity contribution in [2.24, 2.45) is 0 Å². The van der Waals surface area contributed by atoms with Crippen LogP contribution in [0.2, 0.25) is 5.02 Å². The van der Waals surface area contributed by atoms with Crippen LogP contribution in [0.4, 0.5) is 13.2 Å². The van der Waals surface area contributed by atoms with E-state index in [1.54, 1.807) is 36.5 Å². The minimum Gasteiger partial charge on any atom is -0.493 e. The minimum absolute atomic E-state index is 0.00446. The Hall–Kier alpha value is -3.57. The molecule has 0 bridgehead atoms. The van der Waals surface area contributed by atoms with E-state index in [0.717, 1.165) is 34.4 Å². The zero-order chi connectivity index (χ0) is 25.5. The van der Waals surface area contributed by atoms with E-state index in [1.165, 1.54) is 11.5 Å². The third kappa shape index (κ3) is 4.56. The second-order valence-corrected chi connectivity index (χ2v) is 9.99. The molecule has 182 valence electrons. The van der Waals surface area contributed by atoms with Crippen LogP contribution in [-0.4, -0.2) is 33.2 Å². The summed E-state index contributed by atoms with van der Waals surface area (Å²) in [5, 5.41) is 11.1. The fourth-order valence-corrected chi connectivity index (χ4v) is 4.48. The standard InChI is InChI=1S/C23H17ClF3N3O4S/c1-14-21(31)30(18-5-7-19(8-6-18)35(33,34)23(25,26)27)22(32)29(14)13-15-9-10-28-20(11-15)16-3-2-4-17(24)12-16/h2-12,31H,13H2,1H3. The summed E-state index contributed by atoms with van der Waals surface area (Å²) in [6.45, 7) is 1.58. The maximum absolute atomic E-state index is 13.1. The summed E-state index contributed by atoms with van der Waals surface area (Å²) >= 11 is 6.05. The van der Waals surface area contributed by atoms with Crippen LogP contribution < -0.4 is 5.69 Å². The summed E-state index contributed by atoms with van der Waals surface area (Å²) in [6.07, 6.45) is 1.57. The number of pyridine rings is 1. The van der Waals surface area contributed by atoms with Crippen molar-refractivity contribution in [1.82, 2.24) is 14.1 Å². The van der Waals surface area contributed by atoms with Crippen molar-refractivity contribution in [2.45, 2.75) is 23.9 Å². The third-order valence-corrected chi connectivity index (χ3v) is 7.10. The summed E-state index contributed by atoms with van der Waals surface area (Å²) in [6, 6.07) is 14.1. The molecular formula is C23H17ClF3N3O4S. The average molecular weight is 524 g/mol. The van der Waals surface area contributed by atoms with E-state index in [9.17, 15) is 31.5 Å². The van der Waals surface area contributed by atoms with Gasteiger partial charge in [0.25, 0.3) is 9.84 Å². The number of sulfone groups is 1. The minimum atomic E-state index is -5.54. The lowest BCUT2D eigenvalue weighted by molar-refractivity contribution is -0.0436. The molecular weight excluding hydrogens is 507 g/mol. The second kappa shape index (κ2) is 8.90. The van der Waals surface area contributed by atoms with Crippen molar-refractivity contribution in [1.29, 1.82) is 0 Å². The van der Waals surface area contributed by atoms with Gasteiger partial charge in [-0.3, -0.25) is 9.55 Å². The molecule has 0 saturated carbocycles. The molecule has 35 heavy (non-hydrogen) atoms. The van der Waals surface area contributed by atoms with Gasteiger partial charge in [-0.1, -0.05) is 23.7 Å². The first kappa shape index (κ1) is 24.6. The van der Waals surface area contributed by atoms with Gasteiger partial charge in [-0.05, 0) is 61.0 Å². The van der Waals surface area contributed by atoms with E-state index < -0.39 is 31.8 Å². The number of alkyl halides is 3. The first-order valence-electron chi connectivity index (χ1n) is 10.0. The molecule has 7 nitrogen and oxygen atoms in total. The maximum atomic E-state index is 13.1. The number of hydrogen-bond acceptors (Lipinski definition) is 5. The molecule has 0 unspecified atom stereocenters. The zero-order valence-corrected chi connectivity index (χ0v) is 19.6. The van der Waals surface area contributed by atoms with Gasteiger partial charge < -0.3 is 5.11 Å². The van der Waals surface area contributed by atoms with Crippen molar-refractivity contribution >= 4 is 21.4 Å². The molecule has 0 saturated heterocycles. The lowest BCUT2D eigenvalue weighted by Crippen LogP contribution is -2.25. The van der Waals surface area contributed by atoms with E-state index in [-0.39, 0.29) is 17.9 Å². The summed E-state index contributed by atoms with van der Waals surface area (Å²) in [5.74, 6) is -0.425. The summed E-state index contributed by atoms with van der Waals surface area (Å²) in [5.41, 5.74) is -3.80. The number of aromatic nitrogens is 3. The van der Waals surface area contributed by atoms with Crippen molar-refractivity contribution in [3.05, 3.63) is 93.6 Å². The van der Waals surface area contributed by atoms with Gasteiger partial charge in [0, 0.05) is 16.8 Å². The van der Waals surface area contributed by atoms with Gasteiger partial charge >= 0.3 is 11.2 Å². The molecule has 0 amide bonds. The molecule has 0 aliphatic carbocycles. The Morgan fingerprint density at radius 1 is 1.06 bits per heavy atom. The highest BCUT2D eigenvalue weighted by Crippen LogP contribution is 2.31. The van der Waals surface area contributed by atoms with Crippen LogP contribution in [0, 0.1) is 6.92 Å². The van der Waals surface area contributed by atoms with Gasteiger partial charge in [-0.25, -0.2) is 17.8 Å². The maximum Gasteiger partial charge on any atom is 0.501 e. The number of halogens is 4. The topological polar surface area (TPSA) is 94.2 Å². The SMILES string of the molecule is Cc1c(O)n(-c2ccc(S(=O)(=O)C(F)(F)F)cc2)c(=O)n1Cc1ccnc(-c2cccc(Cl)c2)c1. The lowest BCUT2D eigenvalue weighted by atomic mass is 10.1. The Morgan fingerprint density at radius 3 is 2.37 bits per heavy atom. The van der Waals surface area contributed by atoms with Crippen molar-refractivity contribution in [3.8, 4) is 22.8 Å². The smallest absolute Gasteiger partial charge is 0.493 e. The molecule has 0 aliphatic heterocycles. The highest BCUT2D eigenvalue weighted by atomic mass is 35.5. The number of aromatic hydroxyl groups is 1. The van der Waals surface area contributed by atoms with Gasteiger partial charge in [-0.15, -0.1) is 0 Å². The van der Waals surface area contributed by atoms with Crippen LogP contribution in [0.3, 0.4) is 0 Å². The molecule has 0 spiro atoms. The molecule has 4 rings (SSSR count). The molecule has 2 heterocycles. The van der Waals surface area contributed by atoms with Gasteiger partial charge in [0.15, 0.2) is 0 Å². The normalized spacial score (nSPS) is 12.1. The number of hydrogen-bond donors (Lipinski definition) is 1. The lowest BCUT2D eigenvalue weighted by Gasteiger charge is -2.09. The molecule has 12 heteroatoms. The number of benzene rings is 2. The van der Waals surface area contributed by atoms with Crippen LogP contribution in [0.1, 0.15) is 11.3 Å². The van der Waals surface area contributed by atoms with Crippen LogP contribution in [0.25, 0.3) is 16.9 Å². The molecule has 1 N–H and O–H groups in total. The van der Waals surface area contributed by atoms with Crippen LogP contribution >= 0.6 is 11.6 Å². The second-order valence-electron chi connectivity index (χ2n) is 7.62. The quantitative estimate of drug-likeness (QED) is 0.409. The molecule has 0 fully saturated rings. The molecule has 0 atom stereocenters. The molecule has 0 radical (unpaired) electrons. The fraction of sp³-hybridized carbons (Fsp3) is 0.130. The number of rotatable bonds is 5. The Morgan fingerprint density at radius 2 is 1.74 bits per heavy atom.